The van der Waals surface area contributed by atoms with Gasteiger partial charge in [0.05, 0.1) is 10.6 Å². The molecule has 1 aromatic heterocycles. The number of rotatable bonds is 3. The molecule has 6 heteroatoms. The van der Waals surface area contributed by atoms with Crippen LogP contribution in [0.3, 0.4) is 0 Å². The number of benzene rings is 3. The number of oxazole rings is 1. The van der Waals surface area contributed by atoms with Gasteiger partial charge in [-0.3, -0.25) is 4.79 Å². The van der Waals surface area contributed by atoms with Gasteiger partial charge < -0.3 is 9.73 Å². The van der Waals surface area contributed by atoms with Crippen LogP contribution >= 0.6 is 23.2 Å². The second-order valence-corrected chi connectivity index (χ2v) is 7.44. The second-order valence-electron chi connectivity index (χ2n) is 6.60. The van der Waals surface area contributed by atoms with Gasteiger partial charge in [-0.25, -0.2) is 4.98 Å². The van der Waals surface area contributed by atoms with Gasteiger partial charge in [-0.15, -0.1) is 0 Å². The van der Waals surface area contributed by atoms with Crippen molar-refractivity contribution in [3.63, 3.8) is 0 Å². The quantitative estimate of drug-likeness (QED) is 0.410. The fraction of sp³-hybridized carbons (Fsp3) is 0.0909. The van der Waals surface area contributed by atoms with Crippen molar-refractivity contribution < 1.29 is 9.21 Å². The fourth-order valence-electron chi connectivity index (χ4n) is 2.91. The minimum Gasteiger partial charge on any atom is -0.436 e. The smallest absolute Gasteiger partial charge is 0.257 e. The molecule has 0 radical (unpaired) electrons. The van der Waals surface area contributed by atoms with Crippen molar-refractivity contribution in [3.8, 4) is 11.5 Å². The highest BCUT2D eigenvalue weighted by Crippen LogP contribution is 2.29. The first-order chi connectivity index (χ1) is 13.4. The Morgan fingerprint density at radius 2 is 1.82 bits per heavy atom. The van der Waals surface area contributed by atoms with Crippen LogP contribution in [0.15, 0.2) is 59.0 Å². The molecule has 1 amide bonds. The molecule has 0 spiro atoms. The number of aryl methyl sites for hydroxylation is 2. The third kappa shape index (κ3) is 3.61. The number of amides is 1. The van der Waals surface area contributed by atoms with Gasteiger partial charge in [0.1, 0.15) is 5.52 Å². The summed E-state index contributed by atoms with van der Waals surface area (Å²) in [6.45, 7) is 3.91. The molecule has 0 saturated carbocycles. The Balaban J connectivity index is 1.68. The number of aromatic nitrogens is 1. The van der Waals surface area contributed by atoms with Crippen molar-refractivity contribution >= 4 is 45.9 Å². The van der Waals surface area contributed by atoms with Gasteiger partial charge >= 0.3 is 0 Å². The first-order valence-corrected chi connectivity index (χ1v) is 9.41. The zero-order valence-corrected chi connectivity index (χ0v) is 16.7. The predicted octanol–water partition coefficient (Wildman–Crippen LogP) is 6.67. The second kappa shape index (κ2) is 7.30. The minimum absolute atomic E-state index is 0.316. The molecule has 1 heterocycles. The van der Waals surface area contributed by atoms with E-state index in [0.29, 0.717) is 27.2 Å². The largest absolute Gasteiger partial charge is 0.436 e. The number of halogens is 2. The Kier molecular flexibility index (Phi) is 4.84. The molecule has 0 unspecified atom stereocenters. The number of hydrogen-bond donors (Lipinski definition) is 1. The van der Waals surface area contributed by atoms with Gasteiger partial charge in [-0.1, -0.05) is 35.3 Å². The molecule has 0 saturated heterocycles. The molecule has 4 nitrogen and oxygen atoms in total. The molecular formula is C22H16Cl2N2O2. The number of carbonyl (C=O) groups is 1. The summed E-state index contributed by atoms with van der Waals surface area (Å²) in [5.74, 6) is 0.165. The fourth-order valence-corrected chi connectivity index (χ4v) is 3.28. The van der Waals surface area contributed by atoms with E-state index in [4.69, 9.17) is 27.6 Å². The van der Waals surface area contributed by atoms with Crippen molar-refractivity contribution in [2.45, 2.75) is 13.8 Å². The maximum atomic E-state index is 12.7. The Hall–Kier alpha value is -2.82. The van der Waals surface area contributed by atoms with E-state index in [1.807, 2.05) is 50.2 Å². The SMILES string of the molecule is Cc1ccc2nc(-c3ccc(C)c(NC(=O)c4cc(Cl)ccc4Cl)c3)oc2c1. The van der Waals surface area contributed by atoms with E-state index in [9.17, 15) is 4.79 Å². The first-order valence-electron chi connectivity index (χ1n) is 8.65. The van der Waals surface area contributed by atoms with Gasteiger partial charge in [0.15, 0.2) is 5.58 Å². The lowest BCUT2D eigenvalue weighted by atomic mass is 10.1. The van der Waals surface area contributed by atoms with Crippen LogP contribution in [0.25, 0.3) is 22.6 Å². The van der Waals surface area contributed by atoms with E-state index in [-0.39, 0.29) is 5.91 Å². The molecule has 140 valence electrons. The summed E-state index contributed by atoms with van der Waals surface area (Å²) >= 11 is 12.1. The predicted molar refractivity (Wildman–Crippen MR) is 113 cm³/mol. The molecule has 4 aromatic rings. The maximum absolute atomic E-state index is 12.7. The van der Waals surface area contributed by atoms with E-state index in [2.05, 4.69) is 10.3 Å². The van der Waals surface area contributed by atoms with Crippen LogP contribution in [-0.2, 0) is 0 Å². The number of anilines is 1. The summed E-state index contributed by atoms with van der Waals surface area (Å²) in [6.07, 6.45) is 0. The lowest BCUT2D eigenvalue weighted by molar-refractivity contribution is 0.102. The average Bonchev–Trinajstić information content (AvgIpc) is 3.08. The molecule has 0 atom stereocenters. The average molecular weight is 411 g/mol. The Morgan fingerprint density at radius 1 is 1.00 bits per heavy atom. The molecule has 0 aliphatic heterocycles. The number of fused-ring (bicyclic) bond motifs is 1. The molecule has 0 aliphatic rings. The Labute approximate surface area is 172 Å². The van der Waals surface area contributed by atoms with Gasteiger partial charge in [0.2, 0.25) is 5.89 Å². The third-order valence-corrected chi connectivity index (χ3v) is 5.01. The van der Waals surface area contributed by atoms with Crippen LogP contribution in [0.1, 0.15) is 21.5 Å². The summed E-state index contributed by atoms with van der Waals surface area (Å²) in [7, 11) is 0. The van der Waals surface area contributed by atoms with Crippen LogP contribution in [0.5, 0.6) is 0 Å². The summed E-state index contributed by atoms with van der Waals surface area (Å²) in [5, 5.41) is 3.68. The Morgan fingerprint density at radius 3 is 2.64 bits per heavy atom. The van der Waals surface area contributed by atoms with E-state index in [1.54, 1.807) is 18.2 Å². The molecule has 28 heavy (non-hydrogen) atoms. The highest BCUT2D eigenvalue weighted by molar-refractivity contribution is 6.36. The zero-order chi connectivity index (χ0) is 19.8. The number of carbonyl (C=O) groups excluding carboxylic acids is 1. The molecular weight excluding hydrogens is 395 g/mol. The number of hydrogen-bond acceptors (Lipinski definition) is 3. The molecule has 0 aliphatic carbocycles. The van der Waals surface area contributed by atoms with Gasteiger partial charge in [0.25, 0.3) is 5.91 Å². The van der Waals surface area contributed by atoms with Crippen LogP contribution in [0, 0.1) is 13.8 Å². The van der Waals surface area contributed by atoms with E-state index in [0.717, 1.165) is 27.8 Å². The third-order valence-electron chi connectivity index (χ3n) is 4.45. The lowest BCUT2D eigenvalue weighted by Gasteiger charge is -2.11. The van der Waals surface area contributed by atoms with Crippen molar-refractivity contribution in [2.75, 3.05) is 5.32 Å². The molecule has 0 bridgehead atoms. The first kappa shape index (κ1) is 18.5. The molecule has 3 aromatic carbocycles. The molecule has 4 rings (SSSR count). The van der Waals surface area contributed by atoms with Gasteiger partial charge in [0, 0.05) is 16.3 Å². The van der Waals surface area contributed by atoms with Gasteiger partial charge in [-0.05, 0) is 67.4 Å². The normalized spacial score (nSPS) is 11.0. The lowest BCUT2D eigenvalue weighted by Crippen LogP contribution is -2.13. The van der Waals surface area contributed by atoms with E-state index < -0.39 is 0 Å². The topological polar surface area (TPSA) is 55.1 Å². The van der Waals surface area contributed by atoms with Crippen LogP contribution in [0.2, 0.25) is 10.0 Å². The van der Waals surface area contributed by atoms with Crippen LogP contribution in [-0.4, -0.2) is 10.9 Å². The van der Waals surface area contributed by atoms with Crippen LogP contribution in [0.4, 0.5) is 5.69 Å². The highest BCUT2D eigenvalue weighted by atomic mass is 35.5. The maximum Gasteiger partial charge on any atom is 0.257 e. The minimum atomic E-state index is -0.332. The summed E-state index contributed by atoms with van der Waals surface area (Å²) in [5.41, 5.74) is 5.26. The van der Waals surface area contributed by atoms with E-state index in [1.165, 1.54) is 0 Å². The standard InChI is InChI=1S/C22H16Cl2N2O2/c1-12-3-8-18-20(9-12)28-22(26-18)14-5-4-13(2)19(10-14)25-21(27)16-11-15(23)6-7-17(16)24/h3-11H,1-2H3,(H,25,27). The van der Waals surface area contributed by atoms with Crippen molar-refractivity contribution in [1.29, 1.82) is 0 Å². The van der Waals surface area contributed by atoms with Gasteiger partial charge in [-0.2, -0.15) is 0 Å². The summed E-state index contributed by atoms with van der Waals surface area (Å²) < 4.78 is 5.89. The van der Waals surface area contributed by atoms with Crippen LogP contribution < -0.4 is 5.32 Å². The monoisotopic (exact) mass is 410 g/mol. The molecule has 1 N–H and O–H groups in total. The summed E-state index contributed by atoms with van der Waals surface area (Å²) in [4.78, 5) is 17.2. The van der Waals surface area contributed by atoms with Crippen molar-refractivity contribution in [1.82, 2.24) is 4.98 Å². The van der Waals surface area contributed by atoms with E-state index >= 15 is 0 Å². The summed E-state index contributed by atoms with van der Waals surface area (Å²) in [6, 6.07) is 16.3. The molecule has 0 fully saturated rings. The zero-order valence-electron chi connectivity index (χ0n) is 15.2. The number of nitrogens with zero attached hydrogens (tertiary/aromatic N) is 1. The van der Waals surface area contributed by atoms with Crippen molar-refractivity contribution in [2.24, 2.45) is 0 Å². The highest BCUT2D eigenvalue weighted by Gasteiger charge is 2.15. The number of nitrogens with one attached hydrogen (secondary N) is 1. The van der Waals surface area contributed by atoms with Crippen molar-refractivity contribution in [3.05, 3.63) is 81.3 Å². The Bertz CT molecular complexity index is 1210.